The van der Waals surface area contributed by atoms with E-state index in [1.165, 1.54) is 12.0 Å². The summed E-state index contributed by atoms with van der Waals surface area (Å²) in [5, 5.41) is 8.82. The van der Waals surface area contributed by atoms with Gasteiger partial charge in [-0.1, -0.05) is 0 Å². The molecule has 0 saturated carbocycles. The van der Waals surface area contributed by atoms with Crippen LogP contribution >= 0.6 is 11.6 Å². The van der Waals surface area contributed by atoms with Crippen molar-refractivity contribution in [3.8, 4) is 6.01 Å². The van der Waals surface area contributed by atoms with Crippen LogP contribution in [0.25, 0.3) is 0 Å². The number of carbonyl (C=O) groups is 1. The van der Waals surface area contributed by atoms with Crippen molar-refractivity contribution in [1.29, 1.82) is 0 Å². The van der Waals surface area contributed by atoms with Crippen molar-refractivity contribution in [1.82, 2.24) is 15.0 Å². The summed E-state index contributed by atoms with van der Waals surface area (Å²) in [5.41, 5.74) is 0. The Morgan fingerprint density at radius 1 is 1.48 bits per heavy atom. The first kappa shape index (κ1) is 15.7. The molecule has 1 saturated heterocycles. The number of aliphatic carboxylic acids is 1. The van der Waals surface area contributed by atoms with Crippen molar-refractivity contribution in [2.75, 3.05) is 30.1 Å². The maximum atomic E-state index is 11.7. The number of anilines is 1. The van der Waals surface area contributed by atoms with Crippen LogP contribution in [0.5, 0.6) is 6.01 Å². The summed E-state index contributed by atoms with van der Waals surface area (Å²) >= 11 is 5.75. The van der Waals surface area contributed by atoms with Crippen LogP contribution in [0.4, 0.5) is 5.95 Å². The number of sulfone groups is 1. The molecule has 1 aromatic heterocycles. The highest BCUT2D eigenvalue weighted by atomic mass is 35.5. The first-order valence-electron chi connectivity index (χ1n) is 5.95. The molecule has 1 fully saturated rings. The number of hydrogen-bond donors (Lipinski definition) is 1. The predicted octanol–water partition coefficient (Wildman–Crippen LogP) is -0.388. The lowest BCUT2D eigenvalue weighted by Gasteiger charge is -2.34. The third-order valence-corrected chi connectivity index (χ3v) is 4.82. The van der Waals surface area contributed by atoms with Crippen molar-refractivity contribution < 1.29 is 23.1 Å². The highest BCUT2D eigenvalue weighted by Crippen LogP contribution is 2.22. The van der Waals surface area contributed by atoms with Crippen LogP contribution in [-0.2, 0) is 14.6 Å². The van der Waals surface area contributed by atoms with E-state index in [4.69, 9.17) is 21.4 Å². The van der Waals surface area contributed by atoms with Crippen LogP contribution in [0, 0.1) is 0 Å². The third kappa shape index (κ3) is 3.91. The molecule has 1 aromatic rings. The Kier molecular flexibility index (Phi) is 4.47. The second-order valence-electron chi connectivity index (χ2n) is 4.45. The van der Waals surface area contributed by atoms with Gasteiger partial charge >= 0.3 is 12.0 Å². The number of rotatable bonds is 4. The van der Waals surface area contributed by atoms with Crippen LogP contribution < -0.4 is 9.64 Å². The van der Waals surface area contributed by atoms with Gasteiger partial charge < -0.3 is 14.7 Å². The van der Waals surface area contributed by atoms with Gasteiger partial charge in [-0.2, -0.15) is 15.0 Å². The molecule has 0 aliphatic carbocycles. The number of halogens is 1. The Morgan fingerprint density at radius 2 is 2.19 bits per heavy atom. The molecule has 0 spiro atoms. The second-order valence-corrected chi connectivity index (χ2v) is 7.02. The van der Waals surface area contributed by atoms with Crippen LogP contribution in [0.15, 0.2) is 0 Å². The summed E-state index contributed by atoms with van der Waals surface area (Å²) in [6, 6.07) is -0.781. The van der Waals surface area contributed by atoms with Crippen molar-refractivity contribution >= 4 is 33.4 Å². The minimum absolute atomic E-state index is 0.0208. The van der Waals surface area contributed by atoms with Crippen LogP contribution in [-0.4, -0.2) is 65.6 Å². The maximum Gasteiger partial charge on any atom is 0.322 e. The lowest BCUT2D eigenvalue weighted by Crippen LogP contribution is -2.50. The quantitative estimate of drug-likeness (QED) is 0.783. The normalized spacial score (nSPS) is 21.0. The summed E-state index contributed by atoms with van der Waals surface area (Å²) in [4.78, 5) is 24.0. The number of nitrogens with zero attached hydrogens (tertiary/aromatic N) is 4. The SMILES string of the molecule is COc1nc(Cl)nc(N2CCS(=O)(=O)CC2CC(=O)O)n1. The molecular weight excluding hydrogens is 324 g/mol. The second kappa shape index (κ2) is 5.98. The number of carboxylic acids is 1. The van der Waals surface area contributed by atoms with E-state index >= 15 is 0 Å². The molecule has 1 aliphatic rings. The zero-order valence-electron chi connectivity index (χ0n) is 11.1. The standard InChI is InChI=1S/C10H13ClN4O5S/c1-20-10-13-8(11)12-9(14-10)15-2-3-21(18,19)5-6(15)4-7(16)17/h6H,2-5H2,1H3,(H,16,17). The molecule has 9 nitrogen and oxygen atoms in total. The minimum atomic E-state index is -3.28. The molecule has 1 N–H and O–H groups in total. The first-order chi connectivity index (χ1) is 9.80. The van der Waals surface area contributed by atoms with Crippen molar-refractivity contribution in [2.24, 2.45) is 0 Å². The molecule has 0 radical (unpaired) electrons. The third-order valence-electron chi connectivity index (χ3n) is 2.96. The Hall–Kier alpha value is -1.68. The Balaban J connectivity index is 2.35. The average molecular weight is 337 g/mol. The van der Waals surface area contributed by atoms with E-state index in [1.54, 1.807) is 0 Å². The summed E-state index contributed by atoms with van der Waals surface area (Å²) in [6.45, 7) is 0.0871. The van der Waals surface area contributed by atoms with Gasteiger partial charge in [-0.05, 0) is 11.6 Å². The molecule has 2 heterocycles. The topological polar surface area (TPSA) is 123 Å². The van der Waals surface area contributed by atoms with Gasteiger partial charge in [0.05, 0.1) is 31.1 Å². The summed E-state index contributed by atoms with van der Waals surface area (Å²) in [6.07, 6.45) is -0.342. The van der Waals surface area contributed by atoms with Gasteiger partial charge in [0.15, 0.2) is 9.84 Å². The van der Waals surface area contributed by atoms with E-state index in [-0.39, 0.29) is 41.7 Å². The molecule has 116 valence electrons. The van der Waals surface area contributed by atoms with Gasteiger partial charge in [-0.3, -0.25) is 4.79 Å². The van der Waals surface area contributed by atoms with Crippen LogP contribution in [0.1, 0.15) is 6.42 Å². The van der Waals surface area contributed by atoms with Crippen molar-refractivity contribution in [3.63, 3.8) is 0 Å². The number of methoxy groups -OCH3 is 1. The van der Waals surface area contributed by atoms with Crippen molar-refractivity contribution in [2.45, 2.75) is 12.5 Å². The fourth-order valence-electron chi connectivity index (χ4n) is 2.06. The summed E-state index contributed by atoms with van der Waals surface area (Å²) < 4.78 is 28.2. The van der Waals surface area contributed by atoms with Gasteiger partial charge in [0.2, 0.25) is 11.2 Å². The minimum Gasteiger partial charge on any atom is -0.481 e. The summed E-state index contributed by atoms with van der Waals surface area (Å²) in [7, 11) is -1.93. The molecule has 0 amide bonds. The van der Waals surface area contributed by atoms with Crippen LogP contribution in [0.2, 0.25) is 5.28 Å². The molecule has 2 rings (SSSR count). The highest BCUT2D eigenvalue weighted by Gasteiger charge is 2.34. The van der Waals surface area contributed by atoms with Gasteiger partial charge in [0, 0.05) is 6.54 Å². The smallest absolute Gasteiger partial charge is 0.322 e. The Bertz CT molecular complexity index is 653. The monoisotopic (exact) mass is 336 g/mol. The zero-order valence-corrected chi connectivity index (χ0v) is 12.6. The van der Waals surface area contributed by atoms with E-state index < -0.39 is 21.8 Å². The van der Waals surface area contributed by atoms with E-state index in [1.807, 2.05) is 0 Å². The molecule has 1 aliphatic heterocycles. The number of carboxylic acid groups (broad SMARTS) is 1. The van der Waals surface area contributed by atoms with E-state index in [2.05, 4.69) is 15.0 Å². The molecule has 21 heavy (non-hydrogen) atoms. The molecule has 11 heteroatoms. The van der Waals surface area contributed by atoms with E-state index in [0.29, 0.717) is 0 Å². The van der Waals surface area contributed by atoms with Crippen LogP contribution in [0.3, 0.4) is 0 Å². The van der Waals surface area contributed by atoms with E-state index in [0.717, 1.165) is 0 Å². The lowest BCUT2D eigenvalue weighted by molar-refractivity contribution is -0.137. The van der Waals surface area contributed by atoms with E-state index in [9.17, 15) is 13.2 Å². The lowest BCUT2D eigenvalue weighted by atomic mass is 10.2. The predicted molar refractivity (Wildman–Crippen MR) is 73.4 cm³/mol. The molecule has 1 unspecified atom stereocenters. The maximum absolute atomic E-state index is 11.7. The average Bonchev–Trinajstić information content (AvgIpc) is 2.36. The van der Waals surface area contributed by atoms with Gasteiger partial charge in [0.25, 0.3) is 0 Å². The fraction of sp³-hybridized carbons (Fsp3) is 0.600. The van der Waals surface area contributed by atoms with Gasteiger partial charge in [0.1, 0.15) is 0 Å². The Morgan fingerprint density at radius 3 is 2.81 bits per heavy atom. The summed E-state index contributed by atoms with van der Waals surface area (Å²) in [5.74, 6) is -1.37. The first-order valence-corrected chi connectivity index (χ1v) is 8.15. The molecule has 0 aromatic carbocycles. The Labute approximate surface area is 125 Å². The zero-order chi connectivity index (χ0) is 15.6. The number of aromatic nitrogens is 3. The molecule has 1 atom stereocenters. The van der Waals surface area contributed by atoms with Gasteiger partial charge in [-0.15, -0.1) is 0 Å². The highest BCUT2D eigenvalue weighted by molar-refractivity contribution is 7.91. The largest absolute Gasteiger partial charge is 0.481 e. The number of hydrogen-bond acceptors (Lipinski definition) is 8. The van der Waals surface area contributed by atoms with Gasteiger partial charge in [-0.25, -0.2) is 8.42 Å². The molecular formula is C10H13ClN4O5S. The number of ether oxygens (including phenoxy) is 1. The molecule has 0 bridgehead atoms. The fourth-order valence-corrected chi connectivity index (χ4v) is 3.74. The van der Waals surface area contributed by atoms with Crippen molar-refractivity contribution in [3.05, 3.63) is 5.28 Å².